The van der Waals surface area contributed by atoms with Crippen LogP contribution in [0.4, 0.5) is 0 Å². The van der Waals surface area contributed by atoms with Crippen molar-refractivity contribution in [2.75, 3.05) is 20.2 Å². The molecule has 1 amide bonds. The second-order valence-corrected chi connectivity index (χ2v) is 5.82. The van der Waals surface area contributed by atoms with Gasteiger partial charge in [-0.1, -0.05) is 12.1 Å². The third-order valence-electron chi connectivity index (χ3n) is 3.23. The number of carbonyl (C=O) groups excluding carboxylic acids is 1. The molecule has 23 heavy (non-hydrogen) atoms. The fourth-order valence-electron chi connectivity index (χ4n) is 2.03. The van der Waals surface area contributed by atoms with Gasteiger partial charge in [0.05, 0.1) is 12.1 Å². The first kappa shape index (κ1) is 19.4. The summed E-state index contributed by atoms with van der Waals surface area (Å²) in [4.78, 5) is 16.2. The Hall–Kier alpha value is -1.63. The van der Waals surface area contributed by atoms with Crippen LogP contribution in [0, 0.1) is 0 Å². The SMILES string of the molecule is COc1ccc(CCCNC(=O)c2csc(CCN)n2)cc1.Cl. The Balaban J connectivity index is 0.00000264. The van der Waals surface area contributed by atoms with Crippen LogP contribution in [0.3, 0.4) is 0 Å². The summed E-state index contributed by atoms with van der Waals surface area (Å²) in [6.45, 7) is 1.19. The summed E-state index contributed by atoms with van der Waals surface area (Å²) in [6.07, 6.45) is 2.52. The van der Waals surface area contributed by atoms with Gasteiger partial charge in [0.15, 0.2) is 0 Å². The summed E-state index contributed by atoms with van der Waals surface area (Å²) >= 11 is 1.48. The maximum Gasteiger partial charge on any atom is 0.270 e. The van der Waals surface area contributed by atoms with Crippen LogP contribution in [-0.2, 0) is 12.8 Å². The number of carbonyl (C=O) groups is 1. The molecule has 0 saturated carbocycles. The third-order valence-corrected chi connectivity index (χ3v) is 4.14. The van der Waals surface area contributed by atoms with Crippen LogP contribution in [0.1, 0.15) is 27.5 Å². The molecular weight excluding hydrogens is 334 g/mol. The third kappa shape index (κ3) is 6.17. The highest BCUT2D eigenvalue weighted by Gasteiger charge is 2.09. The first-order valence-electron chi connectivity index (χ1n) is 7.28. The van der Waals surface area contributed by atoms with Crippen molar-refractivity contribution in [2.24, 2.45) is 5.73 Å². The lowest BCUT2D eigenvalue weighted by atomic mass is 10.1. The molecular formula is C16H22ClN3O2S. The second-order valence-electron chi connectivity index (χ2n) is 4.87. The molecule has 0 spiro atoms. The number of aryl methyl sites for hydroxylation is 1. The van der Waals surface area contributed by atoms with Crippen LogP contribution in [0.5, 0.6) is 5.75 Å². The van der Waals surface area contributed by atoms with Crippen molar-refractivity contribution in [2.45, 2.75) is 19.3 Å². The van der Waals surface area contributed by atoms with Crippen molar-refractivity contribution in [1.29, 1.82) is 0 Å². The summed E-state index contributed by atoms with van der Waals surface area (Å²) in [5, 5.41) is 5.59. The number of aromatic nitrogens is 1. The number of nitrogens with two attached hydrogens (primary N) is 1. The molecule has 0 fully saturated rings. The smallest absolute Gasteiger partial charge is 0.270 e. The number of nitrogens with one attached hydrogen (secondary N) is 1. The number of nitrogens with zero attached hydrogens (tertiary/aromatic N) is 1. The van der Waals surface area contributed by atoms with E-state index >= 15 is 0 Å². The zero-order valence-corrected chi connectivity index (χ0v) is 14.7. The van der Waals surface area contributed by atoms with Gasteiger partial charge in [-0.05, 0) is 37.1 Å². The van der Waals surface area contributed by atoms with E-state index in [1.54, 1.807) is 12.5 Å². The molecule has 1 heterocycles. The normalized spacial score (nSPS) is 10.0. The first-order valence-corrected chi connectivity index (χ1v) is 8.16. The number of halogens is 1. The zero-order chi connectivity index (χ0) is 15.8. The Morgan fingerprint density at radius 1 is 1.30 bits per heavy atom. The topological polar surface area (TPSA) is 77.2 Å². The monoisotopic (exact) mass is 355 g/mol. The van der Waals surface area contributed by atoms with Crippen LogP contribution in [0.15, 0.2) is 29.6 Å². The standard InChI is InChI=1S/C16H21N3O2S.ClH/c1-21-13-6-4-12(5-7-13)3-2-10-18-16(20)14-11-22-15(19-14)8-9-17;/h4-7,11H,2-3,8-10,17H2,1H3,(H,18,20);1H. The molecule has 0 aliphatic rings. The molecule has 1 aromatic carbocycles. The van der Waals surface area contributed by atoms with Gasteiger partial charge in [0, 0.05) is 18.3 Å². The van der Waals surface area contributed by atoms with E-state index in [2.05, 4.69) is 10.3 Å². The van der Waals surface area contributed by atoms with Crippen LogP contribution < -0.4 is 15.8 Å². The Kier molecular flexibility index (Phi) is 8.61. The Bertz CT molecular complexity index is 602. The van der Waals surface area contributed by atoms with Gasteiger partial charge in [-0.15, -0.1) is 23.7 Å². The molecule has 5 nitrogen and oxygen atoms in total. The molecule has 0 bridgehead atoms. The molecule has 2 aromatic rings. The lowest BCUT2D eigenvalue weighted by Crippen LogP contribution is -2.25. The molecule has 2 rings (SSSR count). The number of benzene rings is 1. The number of amides is 1. The minimum atomic E-state index is -0.116. The van der Waals surface area contributed by atoms with E-state index in [4.69, 9.17) is 10.5 Å². The van der Waals surface area contributed by atoms with Gasteiger partial charge >= 0.3 is 0 Å². The van der Waals surface area contributed by atoms with E-state index in [0.29, 0.717) is 18.8 Å². The highest BCUT2D eigenvalue weighted by Crippen LogP contribution is 2.12. The van der Waals surface area contributed by atoms with E-state index in [-0.39, 0.29) is 18.3 Å². The van der Waals surface area contributed by atoms with Crippen molar-refractivity contribution in [3.05, 3.63) is 45.9 Å². The summed E-state index contributed by atoms with van der Waals surface area (Å²) in [5.41, 5.74) is 7.19. The average Bonchev–Trinajstić information content (AvgIpc) is 3.01. The Morgan fingerprint density at radius 3 is 2.70 bits per heavy atom. The molecule has 3 N–H and O–H groups in total. The van der Waals surface area contributed by atoms with Crippen molar-refractivity contribution >= 4 is 29.7 Å². The number of hydrogen-bond donors (Lipinski definition) is 2. The van der Waals surface area contributed by atoms with Gasteiger partial charge < -0.3 is 15.8 Å². The van der Waals surface area contributed by atoms with Crippen LogP contribution >= 0.6 is 23.7 Å². The van der Waals surface area contributed by atoms with Gasteiger partial charge in [-0.25, -0.2) is 4.98 Å². The fraction of sp³-hybridized carbons (Fsp3) is 0.375. The fourth-order valence-corrected chi connectivity index (χ4v) is 2.82. The van der Waals surface area contributed by atoms with Crippen molar-refractivity contribution in [1.82, 2.24) is 10.3 Å². The minimum absolute atomic E-state index is 0. The minimum Gasteiger partial charge on any atom is -0.497 e. The van der Waals surface area contributed by atoms with Crippen molar-refractivity contribution in [3.63, 3.8) is 0 Å². The van der Waals surface area contributed by atoms with Crippen molar-refractivity contribution < 1.29 is 9.53 Å². The molecule has 0 atom stereocenters. The van der Waals surface area contributed by atoms with Crippen molar-refractivity contribution in [3.8, 4) is 5.75 Å². The Morgan fingerprint density at radius 2 is 2.04 bits per heavy atom. The molecule has 1 aromatic heterocycles. The maximum atomic E-state index is 11.9. The van der Waals surface area contributed by atoms with E-state index in [9.17, 15) is 4.79 Å². The summed E-state index contributed by atoms with van der Waals surface area (Å²) in [7, 11) is 1.65. The number of thiazole rings is 1. The van der Waals surface area contributed by atoms with Crippen LogP contribution in [-0.4, -0.2) is 31.1 Å². The van der Waals surface area contributed by atoms with Gasteiger partial charge in [0.2, 0.25) is 0 Å². The lowest BCUT2D eigenvalue weighted by molar-refractivity contribution is 0.0949. The summed E-state index contributed by atoms with van der Waals surface area (Å²) in [6, 6.07) is 7.98. The molecule has 0 saturated heterocycles. The van der Waals surface area contributed by atoms with Gasteiger partial charge in [-0.2, -0.15) is 0 Å². The van der Waals surface area contributed by atoms with Gasteiger partial charge in [-0.3, -0.25) is 4.79 Å². The quantitative estimate of drug-likeness (QED) is 0.713. The average molecular weight is 356 g/mol. The summed E-state index contributed by atoms with van der Waals surface area (Å²) in [5.74, 6) is 0.739. The number of ether oxygens (including phenoxy) is 1. The van der Waals surface area contributed by atoms with E-state index in [1.807, 2.05) is 24.3 Å². The molecule has 7 heteroatoms. The predicted octanol–water partition coefficient (Wildman–Crippen LogP) is 2.44. The lowest BCUT2D eigenvalue weighted by Gasteiger charge is -2.05. The molecule has 0 aliphatic heterocycles. The number of methoxy groups -OCH3 is 1. The highest BCUT2D eigenvalue weighted by atomic mass is 35.5. The van der Waals surface area contributed by atoms with Gasteiger partial charge in [0.25, 0.3) is 5.91 Å². The van der Waals surface area contributed by atoms with Gasteiger partial charge in [0.1, 0.15) is 11.4 Å². The largest absolute Gasteiger partial charge is 0.497 e. The molecule has 126 valence electrons. The molecule has 0 unspecified atom stereocenters. The Labute approximate surface area is 146 Å². The first-order chi connectivity index (χ1) is 10.7. The maximum absolute atomic E-state index is 11.9. The van der Waals surface area contributed by atoms with E-state index < -0.39 is 0 Å². The van der Waals surface area contributed by atoms with Crippen LogP contribution in [0.25, 0.3) is 0 Å². The van der Waals surface area contributed by atoms with E-state index in [1.165, 1.54) is 16.9 Å². The number of rotatable bonds is 8. The van der Waals surface area contributed by atoms with Crippen LogP contribution in [0.2, 0.25) is 0 Å². The molecule has 0 radical (unpaired) electrons. The zero-order valence-electron chi connectivity index (χ0n) is 13.1. The molecule has 0 aliphatic carbocycles. The summed E-state index contributed by atoms with van der Waals surface area (Å²) < 4.78 is 5.12. The number of hydrogen-bond acceptors (Lipinski definition) is 5. The van der Waals surface area contributed by atoms with E-state index in [0.717, 1.165) is 30.0 Å². The highest BCUT2D eigenvalue weighted by molar-refractivity contribution is 7.09. The second kappa shape index (κ2) is 10.2. The predicted molar refractivity (Wildman–Crippen MR) is 95.8 cm³/mol.